The second-order valence-corrected chi connectivity index (χ2v) is 18.9. The summed E-state index contributed by atoms with van der Waals surface area (Å²) in [5.41, 5.74) is 14.7. The fourth-order valence-electron chi connectivity index (χ4n) is 8.35. The standard InChI is InChI=1S/C53H55BFN2O2/c1-51(2,3)39-22-12-34(13-23-39)44-32-46(36-18-28-42(58-10)29-19-36)56-49(44)48(38-16-26-41(27-17-38)53(7,8)9)50-45(35-14-24-40(25-15-35)52(4,5)6)33-47(57(50)54(56)55)37-20-30-43(59-11)31-21-37/h12-33H,1-11H3/q+1. The molecular formula is C53H55BFN2O2+. The zero-order valence-electron chi connectivity index (χ0n) is 36.4. The summed E-state index contributed by atoms with van der Waals surface area (Å²) in [6, 6.07) is 44.6. The van der Waals surface area contributed by atoms with Crippen molar-refractivity contribution < 1.29 is 18.3 Å². The first-order chi connectivity index (χ1) is 28.0. The molecule has 6 heteroatoms. The van der Waals surface area contributed by atoms with Gasteiger partial charge >= 0.3 is 7.26 Å². The molecule has 0 saturated heterocycles. The van der Waals surface area contributed by atoms with Crippen LogP contribution in [-0.2, 0) is 16.2 Å². The molecule has 3 heterocycles. The molecule has 1 aromatic heterocycles. The number of allylic oxidation sites excluding steroid dienone is 2. The number of fused-ring (bicyclic) bond motifs is 2. The highest BCUT2D eigenvalue weighted by molar-refractivity contribution is 6.46. The maximum absolute atomic E-state index is 18.6. The summed E-state index contributed by atoms with van der Waals surface area (Å²) < 4.78 is 33.6. The van der Waals surface area contributed by atoms with E-state index >= 15 is 4.32 Å². The van der Waals surface area contributed by atoms with Gasteiger partial charge in [-0.2, -0.15) is 0 Å². The van der Waals surface area contributed by atoms with Gasteiger partial charge in [0, 0.05) is 22.9 Å². The maximum Gasteiger partial charge on any atom is 0.847 e. The Morgan fingerprint density at radius 1 is 0.508 bits per heavy atom. The van der Waals surface area contributed by atoms with E-state index in [1.165, 1.54) is 16.7 Å². The third-order valence-corrected chi connectivity index (χ3v) is 11.9. The fourth-order valence-corrected chi connectivity index (χ4v) is 8.35. The van der Waals surface area contributed by atoms with Crippen LogP contribution in [0.25, 0.3) is 33.5 Å². The van der Waals surface area contributed by atoms with Gasteiger partial charge in [-0.15, -0.1) is 0 Å². The van der Waals surface area contributed by atoms with Gasteiger partial charge in [0.2, 0.25) is 5.70 Å². The van der Waals surface area contributed by atoms with Crippen LogP contribution in [0.2, 0.25) is 0 Å². The number of hydrogen-bond donors (Lipinski definition) is 0. The van der Waals surface area contributed by atoms with Crippen LogP contribution in [0.15, 0.2) is 139 Å². The van der Waals surface area contributed by atoms with E-state index in [1.807, 2.05) is 57.5 Å². The lowest BCUT2D eigenvalue weighted by atomic mass is 9.81. The highest BCUT2D eigenvalue weighted by atomic mass is 19.1. The minimum absolute atomic E-state index is 0.0147. The number of aromatic nitrogens is 1. The van der Waals surface area contributed by atoms with Gasteiger partial charge in [0.1, 0.15) is 11.5 Å². The van der Waals surface area contributed by atoms with Gasteiger partial charge in [0.05, 0.1) is 31.1 Å². The minimum atomic E-state index is -1.59. The van der Waals surface area contributed by atoms with Gasteiger partial charge in [-0.05, 0) is 110 Å². The summed E-state index contributed by atoms with van der Waals surface area (Å²) in [5.74, 6) is 1.49. The van der Waals surface area contributed by atoms with E-state index in [4.69, 9.17) is 9.47 Å². The van der Waals surface area contributed by atoms with Crippen molar-refractivity contribution in [3.8, 4) is 33.9 Å². The molecule has 0 radical (unpaired) electrons. The summed E-state index contributed by atoms with van der Waals surface area (Å²) in [6.45, 7) is 20.1. The highest BCUT2D eigenvalue weighted by Gasteiger charge is 2.54. The second kappa shape index (κ2) is 14.7. The Labute approximate surface area is 350 Å². The number of methoxy groups -OCH3 is 2. The van der Waals surface area contributed by atoms with E-state index in [0.717, 1.165) is 78.8 Å². The first-order valence-electron chi connectivity index (χ1n) is 20.6. The Morgan fingerprint density at radius 3 is 1.36 bits per heavy atom. The molecule has 4 nitrogen and oxygen atoms in total. The third-order valence-electron chi connectivity index (χ3n) is 11.9. The lowest BCUT2D eigenvalue weighted by Crippen LogP contribution is -2.41. The van der Waals surface area contributed by atoms with E-state index in [1.54, 1.807) is 14.2 Å². The van der Waals surface area contributed by atoms with E-state index in [-0.39, 0.29) is 16.2 Å². The average Bonchev–Trinajstić information content (AvgIpc) is 3.81. The smallest absolute Gasteiger partial charge is 0.497 e. The van der Waals surface area contributed by atoms with Gasteiger partial charge in [0.25, 0.3) is 0 Å². The molecule has 0 spiro atoms. The number of ether oxygens (including phenoxy) is 2. The molecule has 298 valence electrons. The molecule has 2 aliphatic rings. The molecule has 6 aromatic rings. The molecule has 0 aliphatic carbocycles. The summed E-state index contributed by atoms with van der Waals surface area (Å²) >= 11 is 0. The van der Waals surface area contributed by atoms with Crippen LogP contribution in [0.5, 0.6) is 11.5 Å². The highest BCUT2D eigenvalue weighted by Crippen LogP contribution is 2.49. The topological polar surface area (TPSA) is 26.4 Å². The molecule has 59 heavy (non-hydrogen) atoms. The summed E-state index contributed by atoms with van der Waals surface area (Å²) in [4.78, 5) is 0. The molecule has 0 fully saturated rings. The second-order valence-electron chi connectivity index (χ2n) is 18.9. The molecule has 0 unspecified atom stereocenters. The first-order valence-corrected chi connectivity index (χ1v) is 20.6. The molecule has 2 aliphatic heterocycles. The number of nitrogens with zero attached hydrogens (tertiary/aromatic N) is 2. The Kier molecular flexibility index (Phi) is 9.98. The SMILES string of the molecule is COc1ccc(C2=[N+]3B(F)n4c(-c5ccc(OC)cc5)cc(-c5ccc(C(C)(C)C)cc5)c4C(c4ccc(C(C)(C)C)cc4)=C3C(c3ccc(C(C)(C)C)cc3)=C2)cc1. The Hall–Kier alpha value is -5.88. The van der Waals surface area contributed by atoms with E-state index in [2.05, 4.69) is 147 Å². The van der Waals surface area contributed by atoms with Crippen molar-refractivity contribution in [2.24, 2.45) is 0 Å². The number of benzene rings is 5. The van der Waals surface area contributed by atoms with Crippen LogP contribution in [0, 0.1) is 0 Å². The van der Waals surface area contributed by atoms with Crippen LogP contribution >= 0.6 is 0 Å². The largest absolute Gasteiger partial charge is 0.847 e. The molecular weight excluding hydrogens is 726 g/mol. The zero-order chi connectivity index (χ0) is 42.0. The van der Waals surface area contributed by atoms with Crippen LogP contribution in [-0.4, -0.2) is 36.2 Å². The Balaban J connectivity index is 1.50. The average molecular weight is 782 g/mol. The van der Waals surface area contributed by atoms with Gasteiger partial charge in [-0.25, -0.2) is 8.80 Å². The van der Waals surface area contributed by atoms with Crippen LogP contribution in [0.1, 0.15) is 101 Å². The van der Waals surface area contributed by atoms with Gasteiger partial charge < -0.3 is 9.47 Å². The zero-order valence-corrected chi connectivity index (χ0v) is 36.4. The van der Waals surface area contributed by atoms with Crippen molar-refractivity contribution in [1.82, 2.24) is 4.48 Å². The van der Waals surface area contributed by atoms with Crippen molar-refractivity contribution in [2.75, 3.05) is 14.2 Å². The fraction of sp³-hybridized carbons (Fsp3) is 0.264. The number of halogens is 1. The van der Waals surface area contributed by atoms with E-state index in [0.29, 0.717) is 0 Å². The maximum atomic E-state index is 18.6. The normalized spacial score (nSPS) is 14.4. The van der Waals surface area contributed by atoms with Crippen molar-refractivity contribution in [2.45, 2.75) is 78.6 Å². The monoisotopic (exact) mass is 781 g/mol. The van der Waals surface area contributed by atoms with Gasteiger partial charge in [-0.1, -0.05) is 135 Å². The van der Waals surface area contributed by atoms with Crippen LogP contribution in [0.4, 0.5) is 4.32 Å². The molecule has 0 N–H and O–H groups in total. The lowest BCUT2D eigenvalue weighted by Gasteiger charge is -2.25. The summed E-state index contributed by atoms with van der Waals surface area (Å²) in [6.07, 6.45) is 2.18. The molecule has 8 rings (SSSR count). The number of rotatable bonds is 7. The lowest BCUT2D eigenvalue weighted by molar-refractivity contribution is -0.332. The first kappa shape index (κ1) is 39.9. The molecule has 0 amide bonds. The predicted octanol–water partition coefficient (Wildman–Crippen LogP) is 12.9. The Morgan fingerprint density at radius 2 is 0.915 bits per heavy atom. The van der Waals surface area contributed by atoms with E-state index in [9.17, 15) is 0 Å². The predicted molar refractivity (Wildman–Crippen MR) is 244 cm³/mol. The Bertz CT molecular complexity index is 2620. The number of hydrogen-bond acceptors (Lipinski definition) is 2. The third kappa shape index (κ3) is 7.28. The summed E-state index contributed by atoms with van der Waals surface area (Å²) in [5, 5.41) is 0. The minimum Gasteiger partial charge on any atom is -0.497 e. The van der Waals surface area contributed by atoms with E-state index < -0.39 is 7.26 Å². The van der Waals surface area contributed by atoms with Gasteiger partial charge in [-0.3, -0.25) is 4.48 Å². The molecule has 5 aromatic carbocycles. The molecule has 0 saturated carbocycles. The van der Waals surface area contributed by atoms with Crippen molar-refractivity contribution >= 4 is 24.1 Å². The van der Waals surface area contributed by atoms with Crippen molar-refractivity contribution in [1.29, 1.82) is 0 Å². The van der Waals surface area contributed by atoms with Crippen molar-refractivity contribution in [3.63, 3.8) is 0 Å². The quantitative estimate of drug-likeness (QED) is 0.151. The van der Waals surface area contributed by atoms with Crippen LogP contribution in [0.3, 0.4) is 0 Å². The van der Waals surface area contributed by atoms with Crippen molar-refractivity contribution in [3.05, 3.63) is 178 Å². The van der Waals surface area contributed by atoms with Crippen LogP contribution < -0.4 is 9.47 Å². The summed E-state index contributed by atoms with van der Waals surface area (Å²) in [7, 11) is 1.75. The molecule has 0 atom stereocenters. The van der Waals surface area contributed by atoms with Gasteiger partial charge in [0.15, 0.2) is 5.71 Å². The molecule has 0 bridgehead atoms.